The molecular formula is C4H11O2P. The molecule has 0 saturated carbocycles. The van der Waals surface area contributed by atoms with Gasteiger partial charge in [0.25, 0.3) is 0 Å². The molecule has 0 aromatic rings. The second-order valence-corrected chi connectivity index (χ2v) is 1.70. The quantitative estimate of drug-likeness (QED) is 0.415. The summed E-state index contributed by atoms with van der Waals surface area (Å²) >= 11 is 0. The van der Waals surface area contributed by atoms with Crippen molar-refractivity contribution in [1.29, 1.82) is 0 Å². The van der Waals surface area contributed by atoms with Crippen LogP contribution in [0.1, 0.15) is 0 Å². The van der Waals surface area contributed by atoms with E-state index in [-0.39, 0.29) is 6.61 Å². The number of aliphatic hydroxyl groups is 1. The van der Waals surface area contributed by atoms with Crippen LogP contribution < -0.4 is 0 Å². The minimum Gasteiger partial charge on any atom is -0.394 e. The van der Waals surface area contributed by atoms with Crippen LogP contribution in [0.3, 0.4) is 0 Å². The van der Waals surface area contributed by atoms with E-state index in [1.807, 2.05) is 0 Å². The second kappa shape index (κ2) is 6.35. The molecule has 0 fully saturated rings. The average molecular weight is 122 g/mol. The molecule has 0 aromatic carbocycles. The summed E-state index contributed by atoms with van der Waals surface area (Å²) in [5.74, 6) is 0. The number of aliphatic hydroxyl groups excluding tert-OH is 1. The predicted octanol–water partition coefficient (Wildman–Crippen LogP) is -0.130. The first-order chi connectivity index (χ1) is 3.41. The Bertz CT molecular complexity index is 28.9. The zero-order chi connectivity index (χ0) is 5.54. The largest absolute Gasteiger partial charge is 0.394 e. The van der Waals surface area contributed by atoms with Crippen LogP contribution in [-0.2, 0) is 4.74 Å². The highest BCUT2D eigenvalue weighted by molar-refractivity contribution is 7.16. The fraction of sp³-hybridized carbons (Fsp3) is 1.00. The average Bonchev–Trinajstić information content (AvgIpc) is 1.69. The first kappa shape index (κ1) is 7.35. The molecule has 0 rings (SSSR count). The van der Waals surface area contributed by atoms with E-state index in [0.29, 0.717) is 6.61 Å². The van der Waals surface area contributed by atoms with Crippen LogP contribution in [0.4, 0.5) is 0 Å². The van der Waals surface area contributed by atoms with E-state index in [2.05, 4.69) is 9.24 Å². The van der Waals surface area contributed by atoms with Crippen LogP contribution in [-0.4, -0.2) is 31.1 Å². The molecule has 0 bridgehead atoms. The zero-order valence-corrected chi connectivity index (χ0v) is 5.42. The fourth-order valence-corrected chi connectivity index (χ4v) is 0.417. The fourth-order valence-electron chi connectivity index (χ4n) is 0.250. The van der Waals surface area contributed by atoms with Gasteiger partial charge in [-0.1, -0.05) is 0 Å². The SMILES string of the molecule is OCCOCCP. The van der Waals surface area contributed by atoms with E-state index in [4.69, 9.17) is 9.84 Å². The Labute approximate surface area is 46.1 Å². The van der Waals surface area contributed by atoms with Gasteiger partial charge in [0, 0.05) is 0 Å². The number of rotatable bonds is 4. The molecule has 7 heavy (non-hydrogen) atoms. The van der Waals surface area contributed by atoms with Crippen LogP contribution in [0, 0.1) is 0 Å². The van der Waals surface area contributed by atoms with E-state index in [1.54, 1.807) is 0 Å². The molecule has 0 amide bonds. The van der Waals surface area contributed by atoms with Gasteiger partial charge in [-0.15, -0.1) is 9.24 Å². The van der Waals surface area contributed by atoms with Crippen molar-refractivity contribution in [3.05, 3.63) is 0 Å². The number of hydrogen-bond acceptors (Lipinski definition) is 2. The summed E-state index contributed by atoms with van der Waals surface area (Å²) in [7, 11) is 2.54. The minimum atomic E-state index is 0.130. The van der Waals surface area contributed by atoms with Crippen molar-refractivity contribution in [3.63, 3.8) is 0 Å². The summed E-state index contributed by atoms with van der Waals surface area (Å²) in [6.07, 6.45) is 0.944. The van der Waals surface area contributed by atoms with E-state index < -0.39 is 0 Å². The van der Waals surface area contributed by atoms with Gasteiger partial charge in [0.2, 0.25) is 0 Å². The van der Waals surface area contributed by atoms with E-state index in [1.165, 1.54) is 0 Å². The maximum atomic E-state index is 8.16. The van der Waals surface area contributed by atoms with E-state index in [9.17, 15) is 0 Å². The monoisotopic (exact) mass is 122 g/mol. The van der Waals surface area contributed by atoms with Crippen LogP contribution in [0.15, 0.2) is 0 Å². The molecule has 0 spiro atoms. The third-order valence-electron chi connectivity index (χ3n) is 0.498. The Kier molecular flexibility index (Phi) is 6.67. The molecule has 2 nitrogen and oxygen atoms in total. The van der Waals surface area contributed by atoms with Crippen molar-refractivity contribution in [1.82, 2.24) is 0 Å². The number of hydrogen-bond donors (Lipinski definition) is 1. The van der Waals surface area contributed by atoms with Crippen molar-refractivity contribution in [2.75, 3.05) is 26.0 Å². The lowest BCUT2D eigenvalue weighted by Crippen LogP contribution is -2.00. The lowest BCUT2D eigenvalue weighted by molar-refractivity contribution is 0.103. The second-order valence-electron chi connectivity index (χ2n) is 1.12. The van der Waals surface area contributed by atoms with Gasteiger partial charge in [-0.2, -0.15) is 0 Å². The Hall–Kier alpha value is 0.350. The molecule has 1 N–H and O–H groups in total. The summed E-state index contributed by atoms with van der Waals surface area (Å²) < 4.78 is 4.86. The van der Waals surface area contributed by atoms with Crippen molar-refractivity contribution >= 4 is 9.24 Å². The smallest absolute Gasteiger partial charge is 0.0697 e. The Balaban J connectivity index is 2.45. The normalized spacial score (nSPS) is 9.43. The minimum absolute atomic E-state index is 0.130. The summed E-state index contributed by atoms with van der Waals surface area (Å²) in [5, 5.41) is 8.16. The first-order valence-electron chi connectivity index (χ1n) is 2.30. The molecule has 44 valence electrons. The van der Waals surface area contributed by atoms with E-state index in [0.717, 1.165) is 12.8 Å². The van der Waals surface area contributed by atoms with Crippen LogP contribution >= 0.6 is 9.24 Å². The molecule has 0 aliphatic heterocycles. The highest BCUT2D eigenvalue weighted by Crippen LogP contribution is 1.79. The molecule has 0 aromatic heterocycles. The first-order valence-corrected chi connectivity index (χ1v) is 3.12. The zero-order valence-electron chi connectivity index (χ0n) is 4.26. The Morgan fingerprint density at radius 1 is 1.43 bits per heavy atom. The van der Waals surface area contributed by atoms with Gasteiger partial charge in [0.15, 0.2) is 0 Å². The molecule has 0 saturated heterocycles. The molecule has 0 heterocycles. The summed E-state index contributed by atoms with van der Waals surface area (Å²) in [6, 6.07) is 0. The number of ether oxygens (including phenoxy) is 1. The lowest BCUT2D eigenvalue weighted by Gasteiger charge is -1.94. The standard InChI is InChI=1S/C4H11O2P/c5-1-2-6-3-4-7/h5H,1-4,7H2. The van der Waals surface area contributed by atoms with Gasteiger partial charge < -0.3 is 9.84 Å². The summed E-state index contributed by atoms with van der Waals surface area (Å²) in [5.41, 5.74) is 0. The van der Waals surface area contributed by atoms with Crippen molar-refractivity contribution in [2.24, 2.45) is 0 Å². The maximum Gasteiger partial charge on any atom is 0.0697 e. The topological polar surface area (TPSA) is 29.5 Å². The van der Waals surface area contributed by atoms with Gasteiger partial charge in [0.05, 0.1) is 19.8 Å². The van der Waals surface area contributed by atoms with Gasteiger partial charge in [-0.25, -0.2) is 0 Å². The van der Waals surface area contributed by atoms with Crippen LogP contribution in [0.2, 0.25) is 0 Å². The Morgan fingerprint density at radius 2 is 2.14 bits per heavy atom. The third-order valence-corrected chi connectivity index (χ3v) is 0.734. The summed E-state index contributed by atoms with van der Waals surface area (Å²) in [6.45, 7) is 1.32. The van der Waals surface area contributed by atoms with Crippen molar-refractivity contribution in [3.8, 4) is 0 Å². The molecule has 0 aliphatic rings. The van der Waals surface area contributed by atoms with Gasteiger partial charge in [-0.05, 0) is 6.16 Å². The molecule has 1 atom stereocenters. The highest BCUT2D eigenvalue weighted by Gasteiger charge is 1.78. The highest BCUT2D eigenvalue weighted by atomic mass is 31.0. The molecule has 3 heteroatoms. The Morgan fingerprint density at radius 3 is 2.57 bits per heavy atom. The molecule has 0 aliphatic carbocycles. The lowest BCUT2D eigenvalue weighted by atomic mass is 10.7. The predicted molar refractivity (Wildman–Crippen MR) is 32.5 cm³/mol. The van der Waals surface area contributed by atoms with Gasteiger partial charge >= 0.3 is 0 Å². The molecular weight excluding hydrogens is 111 g/mol. The maximum absolute atomic E-state index is 8.16. The molecule has 1 unspecified atom stereocenters. The van der Waals surface area contributed by atoms with E-state index >= 15 is 0 Å². The van der Waals surface area contributed by atoms with Crippen LogP contribution in [0.5, 0.6) is 0 Å². The van der Waals surface area contributed by atoms with Gasteiger partial charge in [0.1, 0.15) is 0 Å². The third kappa shape index (κ3) is 6.35. The molecule has 0 radical (unpaired) electrons. The van der Waals surface area contributed by atoms with Gasteiger partial charge in [-0.3, -0.25) is 0 Å². The van der Waals surface area contributed by atoms with Crippen molar-refractivity contribution in [2.45, 2.75) is 0 Å². The van der Waals surface area contributed by atoms with Crippen molar-refractivity contribution < 1.29 is 9.84 Å². The summed E-state index contributed by atoms with van der Waals surface area (Å²) in [4.78, 5) is 0. The van der Waals surface area contributed by atoms with Crippen LogP contribution in [0.25, 0.3) is 0 Å².